The summed E-state index contributed by atoms with van der Waals surface area (Å²) in [5, 5.41) is 23.4. The summed E-state index contributed by atoms with van der Waals surface area (Å²) in [4.78, 5) is 25.3. The maximum absolute atomic E-state index is 11.9. The highest BCUT2D eigenvalue weighted by Gasteiger charge is 2.24. The quantitative estimate of drug-likeness (QED) is 0.297. The van der Waals surface area contributed by atoms with Crippen molar-refractivity contribution in [1.29, 1.82) is 5.26 Å². The first-order valence-corrected chi connectivity index (χ1v) is 7.96. The number of nitrogens with one attached hydrogen (secondary N) is 2. The monoisotopic (exact) mass is 324 g/mol. The normalized spacial score (nSPS) is 12.8. The first kappa shape index (κ1) is 20.9. The van der Waals surface area contributed by atoms with Gasteiger partial charge in [-0.1, -0.05) is 27.7 Å². The molecule has 0 aromatic carbocycles. The van der Waals surface area contributed by atoms with E-state index in [2.05, 4.69) is 29.4 Å². The standard InChI is InChI=1S/C16H28N4O3/c1-5-20(6-2)9-7-8-18-11-13(10-17)15(21)19-14(12(3)4)16(22)23/h11-12,14,18H,5-9H2,1-4H3,(H,19,21)(H,22,23)/b13-11-. The van der Waals surface area contributed by atoms with E-state index in [0.29, 0.717) is 6.54 Å². The largest absolute Gasteiger partial charge is 0.480 e. The molecule has 1 atom stereocenters. The number of rotatable bonds is 11. The van der Waals surface area contributed by atoms with Gasteiger partial charge < -0.3 is 20.6 Å². The van der Waals surface area contributed by atoms with E-state index in [1.165, 1.54) is 6.20 Å². The van der Waals surface area contributed by atoms with Gasteiger partial charge in [0.15, 0.2) is 0 Å². The van der Waals surface area contributed by atoms with Crippen molar-refractivity contribution in [1.82, 2.24) is 15.5 Å². The summed E-state index contributed by atoms with van der Waals surface area (Å²) in [6.45, 7) is 11.2. The Labute approximate surface area is 138 Å². The molecule has 0 aliphatic heterocycles. The number of hydrogen-bond donors (Lipinski definition) is 3. The highest BCUT2D eigenvalue weighted by atomic mass is 16.4. The van der Waals surface area contributed by atoms with Crippen molar-refractivity contribution < 1.29 is 14.7 Å². The first-order valence-electron chi connectivity index (χ1n) is 7.96. The third-order valence-corrected chi connectivity index (χ3v) is 3.52. The van der Waals surface area contributed by atoms with Crippen LogP contribution in [0.1, 0.15) is 34.1 Å². The Balaban J connectivity index is 4.44. The second-order valence-electron chi connectivity index (χ2n) is 5.54. The van der Waals surface area contributed by atoms with Crippen LogP contribution in [-0.4, -0.2) is 54.1 Å². The van der Waals surface area contributed by atoms with Crippen LogP contribution in [0.25, 0.3) is 0 Å². The van der Waals surface area contributed by atoms with Gasteiger partial charge in [-0.05, 0) is 32.0 Å². The number of hydrogen-bond acceptors (Lipinski definition) is 5. The molecule has 1 amide bonds. The molecule has 0 fully saturated rings. The molecule has 0 bridgehead atoms. The second-order valence-corrected chi connectivity index (χ2v) is 5.54. The van der Waals surface area contributed by atoms with Crippen LogP contribution in [0.15, 0.2) is 11.8 Å². The molecule has 0 radical (unpaired) electrons. The average Bonchev–Trinajstić information content (AvgIpc) is 2.51. The second kappa shape index (κ2) is 11.5. The fourth-order valence-electron chi connectivity index (χ4n) is 2.00. The van der Waals surface area contributed by atoms with E-state index in [9.17, 15) is 9.59 Å². The number of amides is 1. The van der Waals surface area contributed by atoms with Gasteiger partial charge in [-0.2, -0.15) is 5.26 Å². The van der Waals surface area contributed by atoms with Crippen LogP contribution >= 0.6 is 0 Å². The Morgan fingerprint density at radius 3 is 2.35 bits per heavy atom. The molecule has 0 heterocycles. The minimum absolute atomic E-state index is 0.125. The zero-order chi connectivity index (χ0) is 17.8. The lowest BCUT2D eigenvalue weighted by atomic mass is 10.0. The van der Waals surface area contributed by atoms with Crippen molar-refractivity contribution in [3.05, 3.63) is 11.8 Å². The summed E-state index contributed by atoms with van der Waals surface area (Å²) in [6.07, 6.45) is 2.24. The van der Waals surface area contributed by atoms with Gasteiger partial charge in [-0.25, -0.2) is 4.79 Å². The molecule has 130 valence electrons. The van der Waals surface area contributed by atoms with E-state index in [1.54, 1.807) is 19.9 Å². The summed E-state index contributed by atoms with van der Waals surface area (Å²) in [5.74, 6) is -2.05. The Bertz CT molecular complexity index is 451. The molecule has 1 unspecified atom stereocenters. The summed E-state index contributed by atoms with van der Waals surface area (Å²) in [7, 11) is 0. The van der Waals surface area contributed by atoms with E-state index in [-0.39, 0.29) is 11.5 Å². The minimum Gasteiger partial charge on any atom is -0.480 e. The van der Waals surface area contributed by atoms with Crippen molar-refractivity contribution in [3.63, 3.8) is 0 Å². The predicted molar refractivity (Wildman–Crippen MR) is 88.5 cm³/mol. The van der Waals surface area contributed by atoms with Crippen molar-refractivity contribution >= 4 is 11.9 Å². The van der Waals surface area contributed by atoms with Gasteiger partial charge in [-0.15, -0.1) is 0 Å². The number of carbonyl (C=O) groups excluding carboxylic acids is 1. The van der Waals surface area contributed by atoms with Gasteiger partial charge in [0.2, 0.25) is 0 Å². The average molecular weight is 324 g/mol. The van der Waals surface area contributed by atoms with Crippen LogP contribution in [0.4, 0.5) is 0 Å². The molecule has 0 aromatic rings. The number of aliphatic carboxylic acids is 1. The van der Waals surface area contributed by atoms with E-state index in [0.717, 1.165) is 26.1 Å². The van der Waals surface area contributed by atoms with Crippen LogP contribution in [0.5, 0.6) is 0 Å². The van der Waals surface area contributed by atoms with Gasteiger partial charge in [0, 0.05) is 12.7 Å². The highest BCUT2D eigenvalue weighted by molar-refractivity contribution is 5.99. The Kier molecular flexibility index (Phi) is 10.5. The minimum atomic E-state index is -1.11. The van der Waals surface area contributed by atoms with E-state index >= 15 is 0 Å². The van der Waals surface area contributed by atoms with Crippen LogP contribution in [-0.2, 0) is 9.59 Å². The lowest BCUT2D eigenvalue weighted by Gasteiger charge is -2.18. The number of carboxylic acids is 1. The molecule has 7 nitrogen and oxygen atoms in total. The Morgan fingerprint density at radius 2 is 1.91 bits per heavy atom. The lowest BCUT2D eigenvalue weighted by Crippen LogP contribution is -2.44. The molecule has 0 spiro atoms. The molecule has 0 aromatic heterocycles. The van der Waals surface area contributed by atoms with Crippen molar-refractivity contribution in [2.75, 3.05) is 26.2 Å². The molecule has 0 rings (SSSR count). The van der Waals surface area contributed by atoms with Crippen molar-refractivity contribution in [2.24, 2.45) is 5.92 Å². The van der Waals surface area contributed by atoms with E-state index in [4.69, 9.17) is 10.4 Å². The third kappa shape index (κ3) is 8.21. The summed E-state index contributed by atoms with van der Waals surface area (Å²) >= 11 is 0. The smallest absolute Gasteiger partial charge is 0.326 e. The maximum Gasteiger partial charge on any atom is 0.326 e. The highest BCUT2D eigenvalue weighted by Crippen LogP contribution is 2.03. The molecular weight excluding hydrogens is 296 g/mol. The topological polar surface area (TPSA) is 105 Å². The molecule has 0 saturated heterocycles. The van der Waals surface area contributed by atoms with Crippen LogP contribution in [0.2, 0.25) is 0 Å². The molecule has 0 aliphatic rings. The lowest BCUT2D eigenvalue weighted by molar-refractivity contribution is -0.142. The van der Waals surface area contributed by atoms with Gasteiger partial charge in [0.25, 0.3) is 5.91 Å². The zero-order valence-electron chi connectivity index (χ0n) is 14.4. The zero-order valence-corrected chi connectivity index (χ0v) is 14.4. The van der Waals surface area contributed by atoms with Gasteiger partial charge in [0.1, 0.15) is 17.7 Å². The number of carboxylic acid groups (broad SMARTS) is 1. The molecule has 3 N–H and O–H groups in total. The van der Waals surface area contributed by atoms with Crippen LogP contribution in [0.3, 0.4) is 0 Å². The predicted octanol–water partition coefficient (Wildman–Crippen LogP) is 0.941. The number of nitriles is 1. The Morgan fingerprint density at radius 1 is 1.30 bits per heavy atom. The van der Waals surface area contributed by atoms with Crippen molar-refractivity contribution in [2.45, 2.75) is 40.2 Å². The summed E-state index contributed by atoms with van der Waals surface area (Å²) < 4.78 is 0. The van der Waals surface area contributed by atoms with Crippen LogP contribution < -0.4 is 10.6 Å². The number of carbonyl (C=O) groups is 2. The van der Waals surface area contributed by atoms with Gasteiger partial charge in [-0.3, -0.25) is 4.79 Å². The molecule has 23 heavy (non-hydrogen) atoms. The number of nitrogens with zero attached hydrogens (tertiary/aromatic N) is 2. The van der Waals surface area contributed by atoms with E-state index in [1.807, 2.05) is 0 Å². The molecule has 0 saturated carbocycles. The summed E-state index contributed by atoms with van der Waals surface area (Å²) in [6, 6.07) is 0.778. The fourth-order valence-corrected chi connectivity index (χ4v) is 2.00. The summed E-state index contributed by atoms with van der Waals surface area (Å²) in [5.41, 5.74) is -0.125. The van der Waals surface area contributed by atoms with Gasteiger partial charge in [0.05, 0.1) is 0 Å². The van der Waals surface area contributed by atoms with Gasteiger partial charge >= 0.3 is 5.97 Å². The fraction of sp³-hybridized carbons (Fsp3) is 0.688. The first-order chi connectivity index (χ1) is 10.9. The van der Waals surface area contributed by atoms with Crippen molar-refractivity contribution in [3.8, 4) is 6.07 Å². The van der Waals surface area contributed by atoms with Crippen LogP contribution in [0, 0.1) is 17.2 Å². The molecule has 7 heteroatoms. The molecule has 0 aliphatic carbocycles. The van der Waals surface area contributed by atoms with E-state index < -0.39 is 17.9 Å². The third-order valence-electron chi connectivity index (χ3n) is 3.52. The Hall–Kier alpha value is -2.07. The maximum atomic E-state index is 11.9. The molecular formula is C16H28N4O3. The SMILES string of the molecule is CCN(CC)CCCN/C=C(/C#N)C(=O)NC(C(=O)O)C(C)C.